The lowest BCUT2D eigenvalue weighted by atomic mass is 10.1. The molecule has 0 spiro atoms. The van der Waals surface area contributed by atoms with Crippen LogP contribution in [0.1, 0.15) is 17.9 Å². The Labute approximate surface area is 125 Å². The van der Waals surface area contributed by atoms with Crippen LogP contribution in [0.4, 0.5) is 0 Å². The minimum atomic E-state index is -0.232. The normalized spacial score (nSPS) is 19.6. The van der Waals surface area contributed by atoms with E-state index < -0.39 is 0 Å². The Morgan fingerprint density at radius 1 is 1.45 bits per heavy atom. The maximum absolute atomic E-state index is 9.51. The molecule has 2 aromatic rings. The summed E-state index contributed by atoms with van der Waals surface area (Å²) in [6.07, 6.45) is 0.579. The Hall–Kier alpha value is -1.24. The molecule has 1 fully saturated rings. The second-order valence-electron chi connectivity index (χ2n) is 5.09. The van der Waals surface area contributed by atoms with Gasteiger partial charge in [-0.25, -0.2) is 0 Å². The van der Waals surface area contributed by atoms with Crippen LogP contribution in [0.25, 0.3) is 11.5 Å². The van der Waals surface area contributed by atoms with Crippen LogP contribution in [0.3, 0.4) is 0 Å². The van der Waals surface area contributed by atoms with Crippen LogP contribution in [0, 0.1) is 6.92 Å². The molecule has 1 aliphatic rings. The van der Waals surface area contributed by atoms with E-state index in [2.05, 4.69) is 31.0 Å². The zero-order chi connectivity index (χ0) is 14.1. The molecule has 1 aromatic carbocycles. The topological polar surface area (TPSA) is 62.4 Å². The fourth-order valence-corrected chi connectivity index (χ4v) is 2.78. The van der Waals surface area contributed by atoms with Gasteiger partial charge in [0.2, 0.25) is 11.8 Å². The van der Waals surface area contributed by atoms with Gasteiger partial charge in [0, 0.05) is 23.1 Å². The lowest BCUT2D eigenvalue weighted by Crippen LogP contribution is -2.21. The van der Waals surface area contributed by atoms with E-state index in [1.807, 2.05) is 25.1 Å². The van der Waals surface area contributed by atoms with Crippen LogP contribution in [0.15, 0.2) is 27.1 Å². The highest BCUT2D eigenvalue weighted by atomic mass is 79.9. The second kappa shape index (κ2) is 5.63. The van der Waals surface area contributed by atoms with E-state index in [4.69, 9.17) is 4.42 Å². The van der Waals surface area contributed by atoms with Crippen molar-refractivity contribution in [3.63, 3.8) is 0 Å². The van der Waals surface area contributed by atoms with Crippen molar-refractivity contribution < 1.29 is 9.52 Å². The summed E-state index contributed by atoms with van der Waals surface area (Å²) in [6.45, 7) is 4.15. The zero-order valence-electron chi connectivity index (χ0n) is 11.2. The number of nitrogens with zero attached hydrogens (tertiary/aromatic N) is 3. The quantitative estimate of drug-likeness (QED) is 0.931. The molecule has 1 aliphatic heterocycles. The van der Waals surface area contributed by atoms with Gasteiger partial charge < -0.3 is 9.52 Å². The van der Waals surface area contributed by atoms with Crippen molar-refractivity contribution in [2.24, 2.45) is 0 Å². The lowest BCUT2D eigenvalue weighted by Gasteiger charge is -2.10. The highest BCUT2D eigenvalue weighted by Gasteiger charge is 2.22. The summed E-state index contributed by atoms with van der Waals surface area (Å²) in [4.78, 5) is 2.12. The number of aliphatic hydroxyl groups excluding tert-OH is 1. The smallest absolute Gasteiger partial charge is 0.248 e. The Morgan fingerprint density at radius 2 is 2.30 bits per heavy atom. The number of β-amino-alcohol motifs (C(OH)–C–C–N with tert-alkyl or cyclic N) is 1. The number of halogens is 1. The Morgan fingerprint density at radius 3 is 3.05 bits per heavy atom. The molecule has 20 heavy (non-hydrogen) atoms. The molecule has 0 aliphatic carbocycles. The Balaban J connectivity index is 1.78. The number of benzene rings is 1. The van der Waals surface area contributed by atoms with Crippen LogP contribution < -0.4 is 0 Å². The van der Waals surface area contributed by atoms with Crippen molar-refractivity contribution in [3.8, 4) is 11.5 Å². The van der Waals surface area contributed by atoms with Gasteiger partial charge in [-0.15, -0.1) is 10.2 Å². The van der Waals surface area contributed by atoms with Crippen molar-refractivity contribution in [1.29, 1.82) is 0 Å². The third-order valence-electron chi connectivity index (χ3n) is 3.57. The predicted octanol–water partition coefficient (Wildman–Crippen LogP) is 2.37. The molecule has 0 bridgehead atoms. The molecule has 5 nitrogen and oxygen atoms in total. The molecule has 6 heteroatoms. The van der Waals surface area contributed by atoms with Gasteiger partial charge in [0.1, 0.15) is 0 Å². The maximum atomic E-state index is 9.51. The average molecular weight is 338 g/mol. The molecule has 1 aromatic heterocycles. The predicted molar refractivity (Wildman–Crippen MR) is 78.1 cm³/mol. The van der Waals surface area contributed by atoms with Gasteiger partial charge in [0.15, 0.2) is 0 Å². The van der Waals surface area contributed by atoms with Crippen molar-refractivity contribution in [3.05, 3.63) is 34.1 Å². The first-order valence-corrected chi connectivity index (χ1v) is 7.41. The van der Waals surface area contributed by atoms with Crippen LogP contribution in [-0.2, 0) is 6.54 Å². The average Bonchev–Trinajstić information content (AvgIpc) is 3.03. The number of rotatable bonds is 3. The molecule has 0 unspecified atom stereocenters. The molecular weight excluding hydrogens is 322 g/mol. The summed E-state index contributed by atoms with van der Waals surface area (Å²) in [5.41, 5.74) is 2.03. The first-order valence-electron chi connectivity index (χ1n) is 6.62. The Kier molecular flexibility index (Phi) is 3.87. The van der Waals surface area contributed by atoms with Crippen LogP contribution in [-0.4, -0.2) is 39.4 Å². The molecule has 0 radical (unpaired) electrons. The molecule has 0 saturated carbocycles. The van der Waals surface area contributed by atoms with Gasteiger partial charge in [0.25, 0.3) is 0 Å². The van der Waals surface area contributed by atoms with Crippen molar-refractivity contribution in [2.45, 2.75) is 26.0 Å². The molecule has 1 N–H and O–H groups in total. The second-order valence-corrected chi connectivity index (χ2v) is 5.95. The van der Waals surface area contributed by atoms with E-state index >= 15 is 0 Å². The number of hydrogen-bond donors (Lipinski definition) is 1. The first-order chi connectivity index (χ1) is 9.63. The highest BCUT2D eigenvalue weighted by Crippen LogP contribution is 2.28. The van der Waals surface area contributed by atoms with E-state index in [-0.39, 0.29) is 6.10 Å². The first kappa shape index (κ1) is 13.7. The van der Waals surface area contributed by atoms with Crippen LogP contribution in [0.2, 0.25) is 0 Å². The minimum Gasteiger partial charge on any atom is -0.419 e. The monoisotopic (exact) mass is 337 g/mol. The molecule has 0 amide bonds. The zero-order valence-corrected chi connectivity index (χ0v) is 12.8. The van der Waals surface area contributed by atoms with Crippen molar-refractivity contribution in [2.75, 3.05) is 13.1 Å². The maximum Gasteiger partial charge on any atom is 0.248 e. The largest absolute Gasteiger partial charge is 0.419 e. The van der Waals surface area contributed by atoms with Crippen LogP contribution >= 0.6 is 15.9 Å². The third-order valence-corrected chi connectivity index (χ3v) is 4.43. The molecule has 1 saturated heterocycles. The van der Waals surface area contributed by atoms with Gasteiger partial charge in [0.05, 0.1) is 12.6 Å². The minimum absolute atomic E-state index is 0.232. The summed E-state index contributed by atoms with van der Waals surface area (Å²) >= 11 is 3.50. The summed E-state index contributed by atoms with van der Waals surface area (Å²) in [6, 6.07) is 5.91. The van der Waals surface area contributed by atoms with E-state index in [0.717, 1.165) is 28.6 Å². The highest BCUT2D eigenvalue weighted by molar-refractivity contribution is 9.10. The molecule has 1 atom stereocenters. The van der Waals surface area contributed by atoms with Gasteiger partial charge in [-0.3, -0.25) is 4.90 Å². The number of aliphatic hydroxyl groups is 1. The molecular formula is C14H16BrN3O2. The summed E-state index contributed by atoms with van der Waals surface area (Å²) in [5, 5.41) is 17.7. The third kappa shape index (κ3) is 2.77. The SMILES string of the molecule is Cc1c(Br)cccc1-c1nnc(CN2CC[C@@H](O)C2)o1. The van der Waals surface area contributed by atoms with Gasteiger partial charge in [-0.05, 0) is 31.0 Å². The summed E-state index contributed by atoms with van der Waals surface area (Å²) in [5.74, 6) is 1.13. The number of aromatic nitrogens is 2. The molecule has 2 heterocycles. The molecule has 3 rings (SSSR count). The van der Waals surface area contributed by atoms with Gasteiger partial charge in [-0.2, -0.15) is 0 Å². The van der Waals surface area contributed by atoms with Gasteiger partial charge in [-0.1, -0.05) is 22.0 Å². The number of hydrogen-bond acceptors (Lipinski definition) is 5. The van der Waals surface area contributed by atoms with E-state index in [9.17, 15) is 5.11 Å². The van der Waals surface area contributed by atoms with E-state index in [0.29, 0.717) is 24.9 Å². The van der Waals surface area contributed by atoms with E-state index in [1.54, 1.807) is 0 Å². The lowest BCUT2D eigenvalue weighted by molar-refractivity contribution is 0.171. The summed E-state index contributed by atoms with van der Waals surface area (Å²) < 4.78 is 6.76. The fraction of sp³-hybridized carbons (Fsp3) is 0.429. The standard InChI is InChI=1S/C14H16BrN3O2/c1-9-11(3-2-4-12(9)15)14-17-16-13(20-14)8-18-6-5-10(19)7-18/h2-4,10,19H,5-8H2,1H3/t10-/m1/s1. The van der Waals surface area contributed by atoms with Crippen LogP contribution in [0.5, 0.6) is 0 Å². The Bertz CT molecular complexity index is 614. The van der Waals surface area contributed by atoms with Gasteiger partial charge >= 0.3 is 0 Å². The van der Waals surface area contributed by atoms with Crippen molar-refractivity contribution >= 4 is 15.9 Å². The number of likely N-dealkylation sites (tertiary alicyclic amines) is 1. The summed E-state index contributed by atoms with van der Waals surface area (Å²) in [7, 11) is 0. The van der Waals surface area contributed by atoms with E-state index in [1.165, 1.54) is 0 Å². The van der Waals surface area contributed by atoms with Crippen molar-refractivity contribution in [1.82, 2.24) is 15.1 Å². The fourth-order valence-electron chi connectivity index (χ4n) is 2.41. The molecule has 106 valence electrons.